The summed E-state index contributed by atoms with van der Waals surface area (Å²) in [6.07, 6.45) is 0.545. The van der Waals surface area contributed by atoms with E-state index in [1.165, 1.54) is 0 Å². The molecular weight excluding hydrogens is 396 g/mol. The third-order valence-corrected chi connectivity index (χ3v) is 4.34. The number of amides is 2. The topological polar surface area (TPSA) is 80.0 Å². The maximum Gasteiger partial charge on any atom is 0.319 e. The zero-order valence-electron chi connectivity index (χ0n) is 14.5. The quantitative estimate of drug-likeness (QED) is 0.637. The summed E-state index contributed by atoms with van der Waals surface area (Å²) in [4.78, 5) is 16.3. The van der Waals surface area contributed by atoms with Crippen molar-refractivity contribution in [1.82, 2.24) is 15.5 Å². The van der Waals surface area contributed by atoms with E-state index in [1.807, 2.05) is 62.4 Å². The molecule has 6 nitrogen and oxygen atoms in total. The van der Waals surface area contributed by atoms with Crippen molar-refractivity contribution in [2.75, 3.05) is 5.32 Å². The van der Waals surface area contributed by atoms with Crippen LogP contribution in [0.5, 0.6) is 0 Å². The number of hydrogen-bond acceptors (Lipinski definition) is 4. The molecule has 2 amide bonds. The number of carbonyl (C=O) groups is 1. The van der Waals surface area contributed by atoms with E-state index in [4.69, 9.17) is 4.52 Å². The first kappa shape index (κ1) is 18.1. The molecule has 3 aromatic rings. The SMILES string of the molecule is CC(C)NC(=O)Nc1cccc(-c2noc(Cc3ccccc3Br)n2)c1. The number of carbonyl (C=O) groups excluding carboxylic acids is 1. The molecule has 0 aliphatic rings. The van der Waals surface area contributed by atoms with Gasteiger partial charge in [-0.05, 0) is 37.6 Å². The molecule has 0 unspecified atom stereocenters. The van der Waals surface area contributed by atoms with E-state index in [0.29, 0.717) is 23.8 Å². The average molecular weight is 415 g/mol. The van der Waals surface area contributed by atoms with Crippen LogP contribution in [0.15, 0.2) is 57.5 Å². The van der Waals surface area contributed by atoms with Gasteiger partial charge in [-0.1, -0.05) is 51.4 Å². The van der Waals surface area contributed by atoms with Crippen LogP contribution in [0.2, 0.25) is 0 Å². The van der Waals surface area contributed by atoms with Crippen LogP contribution in [0, 0.1) is 0 Å². The molecule has 2 aromatic carbocycles. The van der Waals surface area contributed by atoms with Gasteiger partial charge < -0.3 is 15.2 Å². The summed E-state index contributed by atoms with van der Waals surface area (Å²) in [6.45, 7) is 3.81. The summed E-state index contributed by atoms with van der Waals surface area (Å²) in [5, 5.41) is 9.63. The van der Waals surface area contributed by atoms with Gasteiger partial charge >= 0.3 is 6.03 Å². The molecule has 0 fully saturated rings. The fourth-order valence-corrected chi connectivity index (χ4v) is 2.84. The molecule has 0 aliphatic heterocycles. The lowest BCUT2D eigenvalue weighted by atomic mass is 10.1. The molecule has 134 valence electrons. The van der Waals surface area contributed by atoms with E-state index >= 15 is 0 Å². The highest BCUT2D eigenvalue weighted by Gasteiger charge is 2.12. The van der Waals surface area contributed by atoms with Crippen molar-refractivity contribution in [2.45, 2.75) is 26.3 Å². The molecule has 3 rings (SSSR count). The van der Waals surface area contributed by atoms with Gasteiger partial charge in [0.25, 0.3) is 0 Å². The van der Waals surface area contributed by atoms with E-state index in [9.17, 15) is 4.79 Å². The second-order valence-electron chi connectivity index (χ2n) is 6.11. The molecule has 0 radical (unpaired) electrons. The van der Waals surface area contributed by atoms with Gasteiger partial charge in [-0.2, -0.15) is 4.98 Å². The molecule has 0 atom stereocenters. The first-order chi connectivity index (χ1) is 12.5. The van der Waals surface area contributed by atoms with E-state index in [2.05, 4.69) is 36.7 Å². The van der Waals surface area contributed by atoms with Crippen LogP contribution in [-0.2, 0) is 6.42 Å². The highest BCUT2D eigenvalue weighted by atomic mass is 79.9. The lowest BCUT2D eigenvalue weighted by Gasteiger charge is -2.10. The highest BCUT2D eigenvalue weighted by molar-refractivity contribution is 9.10. The zero-order chi connectivity index (χ0) is 18.5. The Morgan fingerprint density at radius 2 is 2.00 bits per heavy atom. The Labute approximate surface area is 160 Å². The predicted octanol–water partition coefficient (Wildman–Crippen LogP) is 4.62. The lowest BCUT2D eigenvalue weighted by Crippen LogP contribution is -2.34. The Hall–Kier alpha value is -2.67. The van der Waals surface area contributed by atoms with Crippen molar-refractivity contribution >= 4 is 27.6 Å². The van der Waals surface area contributed by atoms with Crippen LogP contribution < -0.4 is 10.6 Å². The van der Waals surface area contributed by atoms with Crippen molar-refractivity contribution in [3.05, 3.63) is 64.5 Å². The molecule has 2 N–H and O–H groups in total. The first-order valence-electron chi connectivity index (χ1n) is 8.25. The third kappa shape index (κ3) is 4.70. The Kier molecular flexibility index (Phi) is 5.68. The van der Waals surface area contributed by atoms with Crippen LogP contribution in [0.25, 0.3) is 11.4 Å². The van der Waals surface area contributed by atoms with Crippen LogP contribution in [0.1, 0.15) is 25.3 Å². The van der Waals surface area contributed by atoms with Gasteiger partial charge in [0.05, 0.1) is 6.42 Å². The summed E-state index contributed by atoms with van der Waals surface area (Å²) >= 11 is 3.52. The summed E-state index contributed by atoms with van der Waals surface area (Å²) < 4.78 is 6.37. The van der Waals surface area contributed by atoms with Crippen molar-refractivity contribution in [1.29, 1.82) is 0 Å². The molecular formula is C19H19BrN4O2. The predicted molar refractivity (Wildman–Crippen MR) is 104 cm³/mol. The van der Waals surface area contributed by atoms with Gasteiger partial charge in [0.2, 0.25) is 11.7 Å². The molecule has 1 aromatic heterocycles. The molecule has 7 heteroatoms. The monoisotopic (exact) mass is 414 g/mol. The largest absolute Gasteiger partial charge is 0.339 e. The minimum atomic E-state index is -0.250. The van der Waals surface area contributed by atoms with Crippen LogP contribution in [-0.4, -0.2) is 22.2 Å². The summed E-state index contributed by atoms with van der Waals surface area (Å²) in [5.74, 6) is 1.02. The highest BCUT2D eigenvalue weighted by Crippen LogP contribution is 2.23. The minimum absolute atomic E-state index is 0.0651. The number of nitrogens with one attached hydrogen (secondary N) is 2. The van der Waals surface area contributed by atoms with Gasteiger partial charge in [0.1, 0.15) is 0 Å². The number of aromatic nitrogens is 2. The Balaban J connectivity index is 1.74. The number of benzene rings is 2. The van der Waals surface area contributed by atoms with Gasteiger partial charge in [0, 0.05) is 21.8 Å². The molecule has 0 spiro atoms. The van der Waals surface area contributed by atoms with Crippen LogP contribution in [0.3, 0.4) is 0 Å². The van der Waals surface area contributed by atoms with Gasteiger partial charge in [-0.25, -0.2) is 4.79 Å². The number of anilines is 1. The summed E-state index contributed by atoms with van der Waals surface area (Å²) in [6, 6.07) is 15.1. The standard InChI is InChI=1S/C19H19BrN4O2/c1-12(2)21-19(25)22-15-8-5-7-14(10-15)18-23-17(26-24-18)11-13-6-3-4-9-16(13)20/h3-10,12H,11H2,1-2H3,(H2,21,22,25). The third-order valence-electron chi connectivity index (χ3n) is 3.57. The lowest BCUT2D eigenvalue weighted by molar-refractivity contribution is 0.250. The van der Waals surface area contributed by atoms with E-state index in [0.717, 1.165) is 15.6 Å². The van der Waals surface area contributed by atoms with E-state index in [-0.39, 0.29) is 12.1 Å². The molecule has 0 bridgehead atoms. The van der Waals surface area contributed by atoms with Crippen LogP contribution in [0.4, 0.5) is 10.5 Å². The molecule has 26 heavy (non-hydrogen) atoms. The van der Waals surface area contributed by atoms with Crippen molar-refractivity contribution in [2.24, 2.45) is 0 Å². The Morgan fingerprint density at radius 1 is 1.19 bits per heavy atom. The Morgan fingerprint density at radius 3 is 2.77 bits per heavy atom. The smallest absolute Gasteiger partial charge is 0.319 e. The number of nitrogens with zero attached hydrogens (tertiary/aromatic N) is 2. The van der Waals surface area contributed by atoms with Crippen LogP contribution >= 0.6 is 15.9 Å². The van der Waals surface area contributed by atoms with Crippen molar-refractivity contribution in [3.63, 3.8) is 0 Å². The summed E-state index contributed by atoms with van der Waals surface area (Å²) in [7, 11) is 0. The average Bonchev–Trinajstić information content (AvgIpc) is 3.05. The van der Waals surface area contributed by atoms with Gasteiger partial charge in [-0.3, -0.25) is 0 Å². The molecule has 0 saturated carbocycles. The molecule has 0 saturated heterocycles. The number of urea groups is 1. The second-order valence-corrected chi connectivity index (χ2v) is 6.97. The minimum Gasteiger partial charge on any atom is -0.339 e. The molecule has 1 heterocycles. The van der Waals surface area contributed by atoms with Crippen molar-refractivity contribution < 1.29 is 9.32 Å². The van der Waals surface area contributed by atoms with E-state index in [1.54, 1.807) is 0 Å². The number of rotatable bonds is 5. The van der Waals surface area contributed by atoms with Crippen molar-refractivity contribution in [3.8, 4) is 11.4 Å². The Bertz CT molecular complexity index is 908. The number of halogens is 1. The first-order valence-corrected chi connectivity index (χ1v) is 9.04. The normalized spacial score (nSPS) is 10.8. The maximum absolute atomic E-state index is 11.8. The molecule has 0 aliphatic carbocycles. The van der Waals surface area contributed by atoms with Gasteiger partial charge in [-0.15, -0.1) is 0 Å². The fraction of sp³-hybridized carbons (Fsp3) is 0.211. The number of hydrogen-bond donors (Lipinski definition) is 2. The second kappa shape index (κ2) is 8.14. The maximum atomic E-state index is 11.8. The van der Waals surface area contributed by atoms with Gasteiger partial charge in [0.15, 0.2) is 0 Å². The summed E-state index contributed by atoms with van der Waals surface area (Å²) in [5.41, 5.74) is 2.51. The zero-order valence-corrected chi connectivity index (χ0v) is 16.1. The fourth-order valence-electron chi connectivity index (χ4n) is 2.41. The van der Waals surface area contributed by atoms with E-state index < -0.39 is 0 Å².